The lowest BCUT2D eigenvalue weighted by Gasteiger charge is -2.02. The minimum atomic E-state index is 0.374. The molecule has 0 aliphatic carbocycles. The summed E-state index contributed by atoms with van der Waals surface area (Å²) in [5, 5.41) is 10.0. The van der Waals surface area contributed by atoms with Gasteiger partial charge >= 0.3 is 0 Å². The van der Waals surface area contributed by atoms with Crippen molar-refractivity contribution < 1.29 is 5.11 Å². The van der Waals surface area contributed by atoms with Crippen molar-refractivity contribution in [2.45, 2.75) is 18.7 Å². The molecular formula is C9H11BrO. The highest BCUT2D eigenvalue weighted by atomic mass is 79.9. The molecule has 1 aromatic rings. The Hall–Kier alpha value is -0.500. The van der Waals surface area contributed by atoms with E-state index >= 15 is 0 Å². The number of phenolic OH excluding ortho intramolecular Hbond substituents is 1. The molecule has 11 heavy (non-hydrogen) atoms. The van der Waals surface area contributed by atoms with Crippen LogP contribution < -0.4 is 0 Å². The van der Waals surface area contributed by atoms with Gasteiger partial charge in [0.25, 0.3) is 0 Å². The molecule has 1 nitrogen and oxygen atoms in total. The van der Waals surface area contributed by atoms with Gasteiger partial charge in [0.2, 0.25) is 0 Å². The molecule has 0 amide bonds. The van der Waals surface area contributed by atoms with Gasteiger partial charge in [-0.05, 0) is 18.1 Å². The summed E-state index contributed by atoms with van der Waals surface area (Å²) in [7, 11) is 0. The lowest BCUT2D eigenvalue weighted by Crippen LogP contribution is -1.84. The standard InChI is InChI=1S/C9H11BrO/c1-2-7-3-4-9(11)8(5-7)6-10/h3-5,11H,2,6H2,1H3. The van der Waals surface area contributed by atoms with Crippen molar-refractivity contribution in [1.82, 2.24) is 0 Å². The van der Waals surface area contributed by atoms with Gasteiger partial charge in [0.15, 0.2) is 0 Å². The highest BCUT2D eigenvalue weighted by Gasteiger charge is 1.98. The lowest BCUT2D eigenvalue weighted by molar-refractivity contribution is 0.470. The summed E-state index contributed by atoms with van der Waals surface area (Å²) in [5.74, 6) is 0.374. The predicted molar refractivity (Wildman–Crippen MR) is 50.1 cm³/mol. The Balaban J connectivity index is 3.02. The van der Waals surface area contributed by atoms with Crippen LogP contribution in [0.3, 0.4) is 0 Å². The number of halogens is 1. The maximum atomic E-state index is 9.30. The fourth-order valence-corrected chi connectivity index (χ4v) is 1.41. The summed E-state index contributed by atoms with van der Waals surface area (Å²) in [6.07, 6.45) is 1.01. The van der Waals surface area contributed by atoms with Gasteiger partial charge in [-0.3, -0.25) is 0 Å². The number of hydrogen-bond donors (Lipinski definition) is 1. The number of benzene rings is 1. The maximum Gasteiger partial charge on any atom is 0.119 e. The first kappa shape index (κ1) is 8.60. The minimum Gasteiger partial charge on any atom is -0.508 e. The maximum absolute atomic E-state index is 9.30. The smallest absolute Gasteiger partial charge is 0.119 e. The zero-order valence-corrected chi connectivity index (χ0v) is 8.06. The van der Waals surface area contributed by atoms with E-state index in [1.54, 1.807) is 6.07 Å². The third kappa shape index (κ3) is 1.96. The summed E-state index contributed by atoms with van der Waals surface area (Å²) in [6, 6.07) is 5.71. The zero-order valence-electron chi connectivity index (χ0n) is 6.47. The molecule has 1 aromatic carbocycles. The molecule has 0 radical (unpaired) electrons. The minimum absolute atomic E-state index is 0.374. The fraction of sp³-hybridized carbons (Fsp3) is 0.333. The summed E-state index contributed by atoms with van der Waals surface area (Å²) in [5.41, 5.74) is 2.22. The molecule has 0 saturated heterocycles. The molecule has 0 aromatic heterocycles. The molecule has 2 heteroatoms. The number of aryl methyl sites for hydroxylation is 1. The summed E-state index contributed by atoms with van der Waals surface area (Å²) in [4.78, 5) is 0. The molecule has 0 aliphatic rings. The van der Waals surface area contributed by atoms with Gasteiger partial charge in [0.05, 0.1) is 0 Å². The van der Waals surface area contributed by atoms with Crippen LogP contribution in [0, 0.1) is 0 Å². The first-order valence-corrected chi connectivity index (χ1v) is 4.76. The Labute approximate surface area is 75.2 Å². The van der Waals surface area contributed by atoms with E-state index in [-0.39, 0.29) is 0 Å². The number of phenols is 1. The van der Waals surface area contributed by atoms with Crippen LogP contribution in [0.1, 0.15) is 18.1 Å². The molecule has 1 N–H and O–H groups in total. The molecule has 0 saturated carbocycles. The molecule has 1 rings (SSSR count). The van der Waals surface area contributed by atoms with E-state index in [0.29, 0.717) is 11.1 Å². The highest BCUT2D eigenvalue weighted by Crippen LogP contribution is 2.20. The third-order valence-electron chi connectivity index (χ3n) is 1.70. The molecule has 0 aliphatic heterocycles. The molecule has 0 bridgehead atoms. The highest BCUT2D eigenvalue weighted by molar-refractivity contribution is 9.08. The lowest BCUT2D eigenvalue weighted by atomic mass is 10.1. The summed E-state index contributed by atoms with van der Waals surface area (Å²) >= 11 is 3.31. The normalized spacial score (nSPS) is 10.0. The van der Waals surface area contributed by atoms with E-state index in [9.17, 15) is 5.11 Å². The van der Waals surface area contributed by atoms with Crippen LogP contribution in [-0.2, 0) is 11.8 Å². The number of alkyl halides is 1. The van der Waals surface area contributed by atoms with E-state index in [1.807, 2.05) is 12.1 Å². The van der Waals surface area contributed by atoms with Crippen LogP contribution in [0.4, 0.5) is 0 Å². The van der Waals surface area contributed by atoms with Gasteiger partial charge < -0.3 is 5.11 Å². The molecule has 0 atom stereocenters. The zero-order chi connectivity index (χ0) is 8.27. The molecule has 0 heterocycles. The first-order chi connectivity index (χ1) is 5.27. The van der Waals surface area contributed by atoms with Crippen molar-refractivity contribution in [2.24, 2.45) is 0 Å². The Bertz CT molecular complexity index is 245. The topological polar surface area (TPSA) is 20.2 Å². The molecule has 0 spiro atoms. The predicted octanol–water partition coefficient (Wildman–Crippen LogP) is 2.85. The van der Waals surface area contributed by atoms with E-state index in [4.69, 9.17) is 0 Å². The fourth-order valence-electron chi connectivity index (χ4n) is 0.966. The molecular weight excluding hydrogens is 204 g/mol. The molecule has 60 valence electrons. The van der Waals surface area contributed by atoms with Crippen LogP contribution in [0.5, 0.6) is 5.75 Å². The van der Waals surface area contributed by atoms with Gasteiger partial charge in [-0.1, -0.05) is 35.0 Å². The van der Waals surface area contributed by atoms with Crippen molar-refractivity contribution in [3.05, 3.63) is 29.3 Å². The van der Waals surface area contributed by atoms with E-state index < -0.39 is 0 Å². The van der Waals surface area contributed by atoms with Crippen molar-refractivity contribution in [3.63, 3.8) is 0 Å². The average molecular weight is 215 g/mol. The van der Waals surface area contributed by atoms with E-state index in [2.05, 4.69) is 22.9 Å². The van der Waals surface area contributed by atoms with Crippen LogP contribution in [0.15, 0.2) is 18.2 Å². The van der Waals surface area contributed by atoms with E-state index in [1.165, 1.54) is 5.56 Å². The van der Waals surface area contributed by atoms with Crippen LogP contribution in [0.2, 0.25) is 0 Å². The second-order valence-corrected chi connectivity index (χ2v) is 3.01. The van der Waals surface area contributed by atoms with Crippen molar-refractivity contribution in [1.29, 1.82) is 0 Å². The molecule has 0 unspecified atom stereocenters. The number of hydrogen-bond acceptors (Lipinski definition) is 1. The average Bonchev–Trinajstić information content (AvgIpc) is 2.05. The Kier molecular flexibility index (Phi) is 2.94. The van der Waals surface area contributed by atoms with Crippen molar-refractivity contribution in [3.8, 4) is 5.75 Å². The Morgan fingerprint density at radius 2 is 2.18 bits per heavy atom. The Morgan fingerprint density at radius 1 is 1.45 bits per heavy atom. The van der Waals surface area contributed by atoms with Crippen LogP contribution in [0.25, 0.3) is 0 Å². The van der Waals surface area contributed by atoms with Gasteiger partial charge in [0.1, 0.15) is 5.75 Å². The molecule has 0 fully saturated rings. The summed E-state index contributed by atoms with van der Waals surface area (Å²) < 4.78 is 0. The second-order valence-electron chi connectivity index (χ2n) is 2.45. The largest absolute Gasteiger partial charge is 0.508 e. The van der Waals surface area contributed by atoms with E-state index in [0.717, 1.165) is 12.0 Å². The second kappa shape index (κ2) is 3.77. The number of aromatic hydroxyl groups is 1. The Morgan fingerprint density at radius 3 is 2.73 bits per heavy atom. The first-order valence-electron chi connectivity index (χ1n) is 3.64. The van der Waals surface area contributed by atoms with Crippen molar-refractivity contribution >= 4 is 15.9 Å². The van der Waals surface area contributed by atoms with Gasteiger partial charge in [-0.25, -0.2) is 0 Å². The monoisotopic (exact) mass is 214 g/mol. The summed E-state index contributed by atoms with van der Waals surface area (Å²) in [6.45, 7) is 2.10. The number of rotatable bonds is 2. The van der Waals surface area contributed by atoms with Gasteiger partial charge in [-0.2, -0.15) is 0 Å². The third-order valence-corrected chi connectivity index (χ3v) is 2.30. The van der Waals surface area contributed by atoms with Crippen LogP contribution in [-0.4, -0.2) is 5.11 Å². The van der Waals surface area contributed by atoms with Gasteiger partial charge in [-0.15, -0.1) is 0 Å². The van der Waals surface area contributed by atoms with Gasteiger partial charge in [0, 0.05) is 10.9 Å². The quantitative estimate of drug-likeness (QED) is 0.752. The van der Waals surface area contributed by atoms with Crippen molar-refractivity contribution in [2.75, 3.05) is 0 Å². The SMILES string of the molecule is CCc1ccc(O)c(CBr)c1. The van der Waals surface area contributed by atoms with Crippen LogP contribution >= 0.6 is 15.9 Å².